The number of fused-ring (bicyclic) bond motifs is 1. The van der Waals surface area contributed by atoms with Crippen molar-refractivity contribution in [3.8, 4) is 0 Å². The zero-order valence-electron chi connectivity index (χ0n) is 13.4. The summed E-state index contributed by atoms with van der Waals surface area (Å²) >= 11 is 0. The predicted molar refractivity (Wildman–Crippen MR) is 92.6 cm³/mol. The second-order valence-electron chi connectivity index (χ2n) is 6.02. The average Bonchev–Trinajstić information content (AvgIpc) is 3.10. The van der Waals surface area contributed by atoms with E-state index in [0.29, 0.717) is 12.1 Å². The third kappa shape index (κ3) is 2.56. The number of carbonyl (C=O) groups is 1. The number of rotatable bonds is 3. The van der Waals surface area contributed by atoms with Gasteiger partial charge in [0.2, 0.25) is 0 Å². The van der Waals surface area contributed by atoms with E-state index in [-0.39, 0.29) is 12.1 Å². The van der Waals surface area contributed by atoms with E-state index in [1.54, 1.807) is 6.26 Å². The molecule has 3 aromatic rings. The molecular weight excluding hydrogens is 300 g/mol. The number of furan rings is 1. The molecule has 0 unspecified atom stereocenters. The number of anilines is 1. The molecule has 0 spiro atoms. The number of hydrogen-bond donors (Lipinski definition) is 1. The van der Waals surface area contributed by atoms with Crippen molar-refractivity contribution < 1.29 is 9.21 Å². The van der Waals surface area contributed by atoms with Crippen LogP contribution in [0.2, 0.25) is 0 Å². The summed E-state index contributed by atoms with van der Waals surface area (Å²) in [5.41, 5.74) is 3.78. The first-order valence-corrected chi connectivity index (χ1v) is 7.98. The summed E-state index contributed by atoms with van der Waals surface area (Å²) in [6, 6.07) is 19.6. The maximum Gasteiger partial charge on any atom is 0.258 e. The van der Waals surface area contributed by atoms with E-state index in [1.807, 2.05) is 53.4 Å². The Morgan fingerprint density at radius 3 is 2.75 bits per heavy atom. The SMILES string of the molecule is Cc1cccc([C@H]2Nc3ccccc3C(=O)N2Cc2ccco2)c1. The molecule has 4 nitrogen and oxygen atoms in total. The third-order valence-corrected chi connectivity index (χ3v) is 4.29. The van der Waals surface area contributed by atoms with Crippen molar-refractivity contribution in [2.75, 3.05) is 5.32 Å². The molecule has 1 atom stereocenters. The molecule has 0 fully saturated rings. The molecule has 1 aliphatic rings. The van der Waals surface area contributed by atoms with E-state index in [0.717, 1.165) is 17.0 Å². The lowest BCUT2D eigenvalue weighted by molar-refractivity contribution is 0.0651. The zero-order valence-corrected chi connectivity index (χ0v) is 13.4. The Balaban J connectivity index is 1.78. The van der Waals surface area contributed by atoms with Crippen LogP contribution in [0.4, 0.5) is 5.69 Å². The van der Waals surface area contributed by atoms with Gasteiger partial charge in [0.25, 0.3) is 5.91 Å². The van der Waals surface area contributed by atoms with Crippen LogP contribution in [-0.4, -0.2) is 10.8 Å². The number of aryl methyl sites for hydroxylation is 1. The number of nitrogens with zero attached hydrogens (tertiary/aromatic N) is 1. The third-order valence-electron chi connectivity index (χ3n) is 4.29. The quantitative estimate of drug-likeness (QED) is 0.780. The fourth-order valence-electron chi connectivity index (χ4n) is 3.13. The number of para-hydroxylation sites is 1. The topological polar surface area (TPSA) is 45.5 Å². The monoisotopic (exact) mass is 318 g/mol. The first kappa shape index (κ1) is 14.6. The van der Waals surface area contributed by atoms with Crippen molar-refractivity contribution in [1.82, 2.24) is 4.90 Å². The van der Waals surface area contributed by atoms with Crippen LogP contribution in [0.25, 0.3) is 0 Å². The highest BCUT2D eigenvalue weighted by Gasteiger charge is 2.33. The van der Waals surface area contributed by atoms with E-state index < -0.39 is 0 Å². The van der Waals surface area contributed by atoms with E-state index in [4.69, 9.17) is 4.42 Å². The Morgan fingerprint density at radius 1 is 1.08 bits per heavy atom. The molecule has 4 rings (SSSR count). The Morgan fingerprint density at radius 2 is 1.96 bits per heavy atom. The second-order valence-corrected chi connectivity index (χ2v) is 6.02. The van der Waals surface area contributed by atoms with Gasteiger partial charge in [0, 0.05) is 5.69 Å². The molecule has 4 heteroatoms. The van der Waals surface area contributed by atoms with Gasteiger partial charge in [-0.1, -0.05) is 42.0 Å². The maximum absolute atomic E-state index is 13.1. The summed E-state index contributed by atoms with van der Waals surface area (Å²) in [7, 11) is 0. The van der Waals surface area contributed by atoms with Gasteiger partial charge >= 0.3 is 0 Å². The Bertz CT molecular complexity index is 871. The number of benzene rings is 2. The van der Waals surface area contributed by atoms with Gasteiger partial charge in [0.15, 0.2) is 0 Å². The van der Waals surface area contributed by atoms with Crippen molar-refractivity contribution in [2.24, 2.45) is 0 Å². The van der Waals surface area contributed by atoms with Crippen molar-refractivity contribution in [3.05, 3.63) is 89.4 Å². The Kier molecular flexibility index (Phi) is 3.58. The fraction of sp³-hybridized carbons (Fsp3) is 0.150. The lowest BCUT2D eigenvalue weighted by atomic mass is 10.0. The summed E-state index contributed by atoms with van der Waals surface area (Å²) in [6.45, 7) is 2.48. The minimum Gasteiger partial charge on any atom is -0.467 e. The summed E-state index contributed by atoms with van der Waals surface area (Å²) in [4.78, 5) is 14.9. The lowest BCUT2D eigenvalue weighted by Crippen LogP contribution is -2.42. The molecule has 2 aromatic carbocycles. The summed E-state index contributed by atoms with van der Waals surface area (Å²) in [5.74, 6) is 0.773. The highest BCUT2D eigenvalue weighted by Crippen LogP contribution is 2.34. The molecule has 0 saturated heterocycles. The predicted octanol–water partition coefficient (Wildman–Crippen LogP) is 4.35. The van der Waals surface area contributed by atoms with Crippen LogP contribution in [0.3, 0.4) is 0 Å². The number of hydrogen-bond acceptors (Lipinski definition) is 3. The largest absolute Gasteiger partial charge is 0.467 e. The Labute approximate surface area is 140 Å². The molecule has 0 saturated carbocycles. The molecule has 2 heterocycles. The van der Waals surface area contributed by atoms with Gasteiger partial charge in [0.1, 0.15) is 11.9 Å². The second kappa shape index (κ2) is 5.89. The molecule has 1 aliphatic heterocycles. The number of nitrogens with one attached hydrogen (secondary N) is 1. The van der Waals surface area contributed by atoms with Crippen molar-refractivity contribution in [1.29, 1.82) is 0 Å². The molecule has 1 amide bonds. The molecule has 1 N–H and O–H groups in total. The zero-order chi connectivity index (χ0) is 16.5. The lowest BCUT2D eigenvalue weighted by Gasteiger charge is -2.37. The normalized spacial score (nSPS) is 16.6. The first-order chi connectivity index (χ1) is 11.7. The van der Waals surface area contributed by atoms with Crippen LogP contribution in [0.1, 0.15) is 33.4 Å². The van der Waals surface area contributed by atoms with Crippen LogP contribution < -0.4 is 5.32 Å². The Hall–Kier alpha value is -3.01. The summed E-state index contributed by atoms with van der Waals surface area (Å²) in [5, 5.41) is 3.50. The minimum absolute atomic E-state index is 0.00672. The number of carbonyl (C=O) groups excluding carboxylic acids is 1. The highest BCUT2D eigenvalue weighted by atomic mass is 16.3. The van der Waals surface area contributed by atoms with Crippen LogP contribution in [0, 0.1) is 6.92 Å². The molecule has 1 aromatic heterocycles. The molecule has 0 bridgehead atoms. The van der Waals surface area contributed by atoms with Crippen LogP contribution in [0.5, 0.6) is 0 Å². The first-order valence-electron chi connectivity index (χ1n) is 7.98. The van der Waals surface area contributed by atoms with Gasteiger partial charge in [0.05, 0.1) is 18.4 Å². The maximum atomic E-state index is 13.1. The van der Waals surface area contributed by atoms with Crippen molar-refractivity contribution >= 4 is 11.6 Å². The number of amides is 1. The van der Waals surface area contributed by atoms with Gasteiger partial charge < -0.3 is 14.6 Å². The van der Waals surface area contributed by atoms with Crippen LogP contribution in [-0.2, 0) is 6.54 Å². The standard InChI is InChI=1S/C20H18N2O2/c1-14-6-4-7-15(12-14)19-21-18-10-3-2-9-17(18)20(23)22(19)13-16-8-5-11-24-16/h2-12,19,21H,13H2,1H3/t19-/m0/s1. The van der Waals surface area contributed by atoms with E-state index >= 15 is 0 Å². The van der Waals surface area contributed by atoms with Crippen molar-refractivity contribution in [3.63, 3.8) is 0 Å². The van der Waals surface area contributed by atoms with Gasteiger partial charge in [-0.05, 0) is 36.8 Å². The van der Waals surface area contributed by atoms with E-state index in [9.17, 15) is 4.79 Å². The minimum atomic E-state index is -0.225. The molecule has 0 radical (unpaired) electrons. The van der Waals surface area contributed by atoms with Crippen molar-refractivity contribution in [2.45, 2.75) is 19.6 Å². The van der Waals surface area contributed by atoms with Crippen LogP contribution in [0.15, 0.2) is 71.3 Å². The van der Waals surface area contributed by atoms with Crippen LogP contribution >= 0.6 is 0 Å². The van der Waals surface area contributed by atoms with Gasteiger partial charge in [-0.15, -0.1) is 0 Å². The molecule has 0 aliphatic carbocycles. The molecular formula is C20H18N2O2. The smallest absolute Gasteiger partial charge is 0.258 e. The fourth-order valence-corrected chi connectivity index (χ4v) is 3.13. The average molecular weight is 318 g/mol. The van der Waals surface area contributed by atoms with Gasteiger partial charge in [-0.25, -0.2) is 0 Å². The molecule has 24 heavy (non-hydrogen) atoms. The van der Waals surface area contributed by atoms with E-state index in [2.05, 4.69) is 24.4 Å². The summed E-state index contributed by atoms with van der Waals surface area (Å²) in [6.07, 6.45) is 1.41. The highest BCUT2D eigenvalue weighted by molar-refractivity contribution is 6.01. The molecule has 120 valence electrons. The van der Waals surface area contributed by atoms with Gasteiger partial charge in [-0.2, -0.15) is 0 Å². The van der Waals surface area contributed by atoms with Gasteiger partial charge in [-0.3, -0.25) is 4.79 Å². The van der Waals surface area contributed by atoms with E-state index in [1.165, 1.54) is 5.56 Å². The summed E-state index contributed by atoms with van der Waals surface area (Å²) < 4.78 is 5.46.